The van der Waals surface area contributed by atoms with Crippen molar-refractivity contribution >= 4 is 0 Å². The molecule has 1 aromatic heterocycles. The molecule has 0 bridgehead atoms. The molecule has 0 atom stereocenters. The van der Waals surface area contributed by atoms with Crippen molar-refractivity contribution in [3.63, 3.8) is 0 Å². The molecule has 114 valence electrons. The quantitative estimate of drug-likeness (QED) is 0.777. The number of unbranched alkanes of at least 4 members (excludes halogenated alkanes) is 3. The SMILES string of the molecule is CCCCCCc1nc(C(C)(C)N2CCNCC2)no1. The van der Waals surface area contributed by atoms with Crippen molar-refractivity contribution in [2.75, 3.05) is 26.2 Å². The van der Waals surface area contributed by atoms with Crippen molar-refractivity contribution in [2.24, 2.45) is 0 Å². The van der Waals surface area contributed by atoms with Gasteiger partial charge in [0.15, 0.2) is 5.82 Å². The average Bonchev–Trinajstić information content (AvgIpc) is 2.94. The molecule has 1 N–H and O–H groups in total. The van der Waals surface area contributed by atoms with E-state index in [2.05, 4.69) is 41.1 Å². The fourth-order valence-electron chi connectivity index (χ4n) is 2.67. The van der Waals surface area contributed by atoms with Crippen LogP contribution in [-0.2, 0) is 12.0 Å². The van der Waals surface area contributed by atoms with Crippen molar-refractivity contribution in [3.05, 3.63) is 11.7 Å². The van der Waals surface area contributed by atoms with Gasteiger partial charge in [0.1, 0.15) is 0 Å². The van der Waals surface area contributed by atoms with E-state index in [1.54, 1.807) is 0 Å². The molecule has 0 unspecified atom stereocenters. The molecule has 2 rings (SSSR count). The third kappa shape index (κ3) is 3.79. The van der Waals surface area contributed by atoms with Crippen molar-refractivity contribution in [2.45, 2.75) is 58.4 Å². The monoisotopic (exact) mass is 280 g/mol. The lowest BCUT2D eigenvalue weighted by molar-refractivity contribution is 0.0924. The minimum absolute atomic E-state index is 0.146. The molecule has 20 heavy (non-hydrogen) atoms. The van der Waals surface area contributed by atoms with Gasteiger partial charge in [0.2, 0.25) is 5.89 Å². The van der Waals surface area contributed by atoms with Gasteiger partial charge in [-0.2, -0.15) is 4.98 Å². The number of piperazine rings is 1. The minimum atomic E-state index is -0.146. The first-order valence-corrected chi connectivity index (χ1v) is 7.93. The Morgan fingerprint density at radius 1 is 1.20 bits per heavy atom. The summed E-state index contributed by atoms with van der Waals surface area (Å²) >= 11 is 0. The van der Waals surface area contributed by atoms with Crippen LogP contribution in [0.4, 0.5) is 0 Å². The Hall–Kier alpha value is -0.940. The topological polar surface area (TPSA) is 54.2 Å². The van der Waals surface area contributed by atoms with Gasteiger partial charge in [-0.1, -0.05) is 31.3 Å². The highest BCUT2D eigenvalue weighted by Gasteiger charge is 2.34. The minimum Gasteiger partial charge on any atom is -0.339 e. The maximum absolute atomic E-state index is 5.42. The Morgan fingerprint density at radius 2 is 1.95 bits per heavy atom. The number of aryl methyl sites for hydroxylation is 1. The van der Waals surface area contributed by atoms with Crippen molar-refractivity contribution in [1.29, 1.82) is 0 Å². The molecule has 5 heteroatoms. The number of rotatable bonds is 7. The predicted octanol–water partition coefficient (Wildman–Crippen LogP) is 2.33. The lowest BCUT2D eigenvalue weighted by atomic mass is 10.0. The summed E-state index contributed by atoms with van der Waals surface area (Å²) in [6, 6.07) is 0. The van der Waals surface area contributed by atoms with Gasteiger partial charge in [0, 0.05) is 32.6 Å². The van der Waals surface area contributed by atoms with Crippen molar-refractivity contribution < 1.29 is 4.52 Å². The first kappa shape index (κ1) is 15.4. The van der Waals surface area contributed by atoms with E-state index in [9.17, 15) is 0 Å². The lowest BCUT2D eigenvalue weighted by Crippen LogP contribution is -2.52. The fourth-order valence-corrected chi connectivity index (χ4v) is 2.67. The van der Waals surface area contributed by atoms with Crippen LogP contribution in [0.1, 0.15) is 58.2 Å². The summed E-state index contributed by atoms with van der Waals surface area (Å²) in [5, 5.41) is 7.59. The second-order valence-corrected chi connectivity index (χ2v) is 6.12. The Labute approximate surface area is 122 Å². The van der Waals surface area contributed by atoms with Crippen LogP contribution in [0.25, 0.3) is 0 Å². The Morgan fingerprint density at radius 3 is 2.65 bits per heavy atom. The fraction of sp³-hybridized carbons (Fsp3) is 0.867. The van der Waals surface area contributed by atoms with E-state index in [-0.39, 0.29) is 5.54 Å². The van der Waals surface area contributed by atoms with E-state index in [0.29, 0.717) is 0 Å². The number of hydrogen-bond donors (Lipinski definition) is 1. The molecule has 2 heterocycles. The summed E-state index contributed by atoms with van der Waals surface area (Å²) in [7, 11) is 0. The number of hydrogen-bond acceptors (Lipinski definition) is 5. The normalized spacial score (nSPS) is 17.6. The molecule has 0 aliphatic carbocycles. The molecule has 1 aliphatic rings. The molecule has 0 amide bonds. The van der Waals surface area contributed by atoms with E-state index in [0.717, 1.165) is 50.7 Å². The van der Waals surface area contributed by atoms with Crippen molar-refractivity contribution in [1.82, 2.24) is 20.4 Å². The summed E-state index contributed by atoms with van der Waals surface area (Å²) in [4.78, 5) is 7.04. The summed E-state index contributed by atoms with van der Waals surface area (Å²) in [6.45, 7) is 10.7. The molecule has 1 fully saturated rings. The second-order valence-electron chi connectivity index (χ2n) is 6.12. The first-order valence-electron chi connectivity index (χ1n) is 7.93. The molecule has 1 aliphatic heterocycles. The standard InChI is InChI=1S/C15H28N4O/c1-4-5-6-7-8-13-17-14(18-20-13)15(2,3)19-11-9-16-10-12-19/h16H,4-12H2,1-3H3. The van der Waals surface area contributed by atoms with Gasteiger partial charge < -0.3 is 9.84 Å². The van der Waals surface area contributed by atoms with Gasteiger partial charge in [-0.3, -0.25) is 4.90 Å². The van der Waals surface area contributed by atoms with Gasteiger partial charge in [-0.15, -0.1) is 0 Å². The van der Waals surface area contributed by atoms with Crippen molar-refractivity contribution in [3.8, 4) is 0 Å². The molecule has 5 nitrogen and oxygen atoms in total. The molecule has 0 aromatic carbocycles. The molecule has 0 radical (unpaired) electrons. The van der Waals surface area contributed by atoms with E-state index < -0.39 is 0 Å². The zero-order valence-electron chi connectivity index (χ0n) is 13.1. The lowest BCUT2D eigenvalue weighted by Gasteiger charge is -2.38. The summed E-state index contributed by atoms with van der Waals surface area (Å²) in [6.07, 6.45) is 5.84. The third-order valence-corrected chi connectivity index (χ3v) is 4.17. The van der Waals surface area contributed by atoms with E-state index >= 15 is 0 Å². The largest absolute Gasteiger partial charge is 0.339 e. The highest BCUT2D eigenvalue weighted by Crippen LogP contribution is 2.25. The maximum Gasteiger partial charge on any atom is 0.226 e. The summed E-state index contributed by atoms with van der Waals surface area (Å²) < 4.78 is 5.42. The van der Waals surface area contributed by atoms with Gasteiger partial charge >= 0.3 is 0 Å². The van der Waals surface area contributed by atoms with Crippen LogP contribution in [0.15, 0.2) is 4.52 Å². The molecule has 1 aromatic rings. The van der Waals surface area contributed by atoms with Gasteiger partial charge in [-0.05, 0) is 20.3 Å². The predicted molar refractivity (Wildman–Crippen MR) is 79.6 cm³/mol. The number of aromatic nitrogens is 2. The zero-order chi connectivity index (χ0) is 14.4. The molecular weight excluding hydrogens is 252 g/mol. The van der Waals surface area contributed by atoms with Crippen LogP contribution in [-0.4, -0.2) is 41.2 Å². The molecule has 1 saturated heterocycles. The van der Waals surface area contributed by atoms with Crippen LogP contribution in [0.2, 0.25) is 0 Å². The maximum atomic E-state index is 5.42. The highest BCUT2D eigenvalue weighted by molar-refractivity contribution is 5.03. The molecular formula is C15H28N4O. The Balaban J connectivity index is 1.92. The first-order chi connectivity index (χ1) is 9.64. The second kappa shape index (κ2) is 7.18. The van der Waals surface area contributed by atoms with E-state index in [1.807, 2.05) is 0 Å². The smallest absolute Gasteiger partial charge is 0.226 e. The molecule has 0 saturated carbocycles. The van der Waals surface area contributed by atoms with Crippen LogP contribution in [0.3, 0.4) is 0 Å². The molecule has 0 spiro atoms. The van der Waals surface area contributed by atoms with Crippen LogP contribution in [0.5, 0.6) is 0 Å². The van der Waals surface area contributed by atoms with E-state index in [4.69, 9.17) is 4.52 Å². The van der Waals surface area contributed by atoms with Crippen LogP contribution >= 0.6 is 0 Å². The highest BCUT2D eigenvalue weighted by atomic mass is 16.5. The van der Waals surface area contributed by atoms with Crippen LogP contribution in [0, 0.1) is 0 Å². The summed E-state index contributed by atoms with van der Waals surface area (Å²) in [5.41, 5.74) is -0.146. The van der Waals surface area contributed by atoms with E-state index in [1.165, 1.54) is 19.3 Å². The Kier molecular flexibility index (Phi) is 5.54. The Bertz CT molecular complexity index is 396. The van der Waals surface area contributed by atoms with Gasteiger partial charge in [0.25, 0.3) is 0 Å². The third-order valence-electron chi connectivity index (χ3n) is 4.17. The summed E-state index contributed by atoms with van der Waals surface area (Å²) in [5.74, 6) is 1.62. The van der Waals surface area contributed by atoms with Crippen LogP contribution < -0.4 is 5.32 Å². The number of nitrogens with one attached hydrogen (secondary N) is 1. The number of nitrogens with zero attached hydrogens (tertiary/aromatic N) is 3. The van der Waals surface area contributed by atoms with Gasteiger partial charge in [0.05, 0.1) is 5.54 Å². The average molecular weight is 280 g/mol. The van der Waals surface area contributed by atoms with Gasteiger partial charge in [-0.25, -0.2) is 0 Å². The zero-order valence-corrected chi connectivity index (χ0v) is 13.1.